The maximum absolute atomic E-state index is 12.1. The van der Waals surface area contributed by atoms with Crippen molar-refractivity contribution in [1.29, 1.82) is 0 Å². The molecule has 1 aromatic carbocycles. The van der Waals surface area contributed by atoms with E-state index in [9.17, 15) is 8.42 Å². The van der Waals surface area contributed by atoms with Gasteiger partial charge in [-0.3, -0.25) is 4.99 Å². The van der Waals surface area contributed by atoms with Gasteiger partial charge in [0.1, 0.15) is 10.7 Å². The zero-order valence-corrected chi connectivity index (χ0v) is 11.6. The summed E-state index contributed by atoms with van der Waals surface area (Å²) in [5, 5.41) is 6.24. The van der Waals surface area contributed by atoms with Crippen LogP contribution in [0, 0.1) is 0 Å². The Morgan fingerprint density at radius 1 is 1.37 bits per heavy atom. The number of para-hydroxylation sites is 1. The zero-order chi connectivity index (χ0) is 13.7. The first-order valence-corrected chi connectivity index (χ1v) is 7.71. The van der Waals surface area contributed by atoms with E-state index in [-0.39, 0.29) is 4.90 Å². The number of amidine groups is 1. The molecule has 0 atom stereocenters. The molecule has 0 spiro atoms. The molecular weight excluding hydrogens is 264 g/mol. The molecule has 1 aliphatic heterocycles. The Labute approximate surface area is 113 Å². The number of hydrogen-bond acceptors (Lipinski definition) is 5. The second-order valence-electron chi connectivity index (χ2n) is 4.11. The molecule has 0 fully saturated rings. The summed E-state index contributed by atoms with van der Waals surface area (Å²) in [5.41, 5.74) is 0.583. The van der Waals surface area contributed by atoms with Gasteiger partial charge in [0.25, 0.3) is 0 Å². The van der Waals surface area contributed by atoms with Crippen LogP contribution in [0.5, 0.6) is 0 Å². The van der Waals surface area contributed by atoms with Crippen LogP contribution < -0.4 is 15.4 Å². The van der Waals surface area contributed by atoms with Crippen LogP contribution in [0.25, 0.3) is 0 Å². The Hall–Kier alpha value is -1.60. The van der Waals surface area contributed by atoms with Gasteiger partial charge < -0.3 is 10.6 Å². The first-order chi connectivity index (χ1) is 9.13. The van der Waals surface area contributed by atoms with Gasteiger partial charge in [0, 0.05) is 13.1 Å². The molecule has 1 aromatic rings. The summed E-state index contributed by atoms with van der Waals surface area (Å²) in [5.74, 6) is 0.857. The topological polar surface area (TPSA) is 82.6 Å². The number of hydrogen-bond donors (Lipinski definition) is 3. The minimum atomic E-state index is -3.46. The summed E-state index contributed by atoms with van der Waals surface area (Å²) < 4.78 is 26.6. The average molecular weight is 282 g/mol. The van der Waals surface area contributed by atoms with E-state index in [1.165, 1.54) is 0 Å². The number of aliphatic imine (C=N–C) groups is 1. The third kappa shape index (κ3) is 3.45. The lowest BCUT2D eigenvalue weighted by Gasteiger charge is -2.12. The van der Waals surface area contributed by atoms with Crippen LogP contribution >= 0.6 is 0 Å². The molecule has 7 heteroatoms. The van der Waals surface area contributed by atoms with Crippen molar-refractivity contribution < 1.29 is 8.42 Å². The second-order valence-corrected chi connectivity index (χ2v) is 5.84. The lowest BCUT2D eigenvalue weighted by molar-refractivity contribution is 0.584. The van der Waals surface area contributed by atoms with Gasteiger partial charge in [-0.05, 0) is 12.1 Å². The number of sulfonamides is 1. The fourth-order valence-electron chi connectivity index (χ4n) is 1.86. The Balaban J connectivity index is 2.16. The molecule has 0 amide bonds. The minimum Gasteiger partial charge on any atom is -0.377 e. The Bertz CT molecular complexity index is 569. The van der Waals surface area contributed by atoms with E-state index in [1.54, 1.807) is 31.2 Å². The van der Waals surface area contributed by atoms with Crippen molar-refractivity contribution in [2.75, 3.05) is 31.5 Å². The van der Waals surface area contributed by atoms with E-state index in [4.69, 9.17) is 0 Å². The first kappa shape index (κ1) is 13.8. The largest absolute Gasteiger partial charge is 0.377 e. The van der Waals surface area contributed by atoms with E-state index in [0.717, 1.165) is 18.9 Å². The van der Waals surface area contributed by atoms with Crippen molar-refractivity contribution in [2.45, 2.75) is 11.8 Å². The van der Waals surface area contributed by atoms with Crippen LogP contribution in [0.3, 0.4) is 0 Å². The highest BCUT2D eigenvalue weighted by atomic mass is 32.2. The molecule has 6 nitrogen and oxygen atoms in total. The van der Waals surface area contributed by atoms with Crippen molar-refractivity contribution >= 4 is 21.5 Å². The lowest BCUT2D eigenvalue weighted by Crippen LogP contribution is -2.28. The molecule has 3 N–H and O–H groups in total. The van der Waals surface area contributed by atoms with Crippen molar-refractivity contribution in [3.8, 4) is 0 Å². The lowest BCUT2D eigenvalue weighted by atomic mass is 10.3. The van der Waals surface area contributed by atoms with Gasteiger partial charge in [0.2, 0.25) is 10.0 Å². The van der Waals surface area contributed by atoms with Crippen molar-refractivity contribution in [3.63, 3.8) is 0 Å². The zero-order valence-electron chi connectivity index (χ0n) is 10.8. The minimum absolute atomic E-state index is 0.260. The SMILES string of the molecule is CCNS(=O)(=O)c1ccccc1NCC1=NCCN1. The molecule has 0 aliphatic carbocycles. The predicted octanol–water partition coefficient (Wildman–Crippen LogP) is 0.398. The number of nitrogens with one attached hydrogen (secondary N) is 3. The molecule has 0 saturated heterocycles. The normalized spacial score (nSPS) is 14.9. The maximum Gasteiger partial charge on any atom is 0.242 e. The van der Waals surface area contributed by atoms with Gasteiger partial charge in [-0.25, -0.2) is 13.1 Å². The summed E-state index contributed by atoms with van der Waals surface area (Å²) in [6.45, 7) is 4.23. The van der Waals surface area contributed by atoms with Gasteiger partial charge >= 0.3 is 0 Å². The molecule has 0 saturated carbocycles. The molecule has 0 aromatic heterocycles. The quantitative estimate of drug-likeness (QED) is 0.705. The highest BCUT2D eigenvalue weighted by Gasteiger charge is 2.17. The number of benzene rings is 1. The van der Waals surface area contributed by atoms with E-state index >= 15 is 0 Å². The standard InChI is InChI=1S/C12H18N4O2S/c1-2-16-19(17,18)11-6-4-3-5-10(11)15-9-12-13-7-8-14-12/h3-6,15-16H,2,7-9H2,1H3,(H,13,14). The van der Waals surface area contributed by atoms with E-state index in [0.29, 0.717) is 18.8 Å². The summed E-state index contributed by atoms with van der Waals surface area (Å²) in [6, 6.07) is 6.85. The fourth-order valence-corrected chi connectivity index (χ4v) is 3.08. The molecule has 1 heterocycles. The van der Waals surface area contributed by atoms with Gasteiger partial charge in [-0.15, -0.1) is 0 Å². The molecule has 104 valence electrons. The van der Waals surface area contributed by atoms with Crippen molar-refractivity contribution in [1.82, 2.24) is 10.0 Å². The highest BCUT2D eigenvalue weighted by Crippen LogP contribution is 2.20. The summed E-state index contributed by atoms with van der Waals surface area (Å²) in [7, 11) is -3.46. The van der Waals surface area contributed by atoms with Crippen LogP contribution in [0.4, 0.5) is 5.69 Å². The molecule has 1 aliphatic rings. The third-order valence-electron chi connectivity index (χ3n) is 2.70. The van der Waals surface area contributed by atoms with Gasteiger partial charge in [-0.1, -0.05) is 19.1 Å². The van der Waals surface area contributed by atoms with E-state index in [1.807, 2.05) is 0 Å². The summed E-state index contributed by atoms with van der Waals surface area (Å²) in [6.07, 6.45) is 0. The van der Waals surface area contributed by atoms with Crippen LogP contribution in [-0.4, -0.2) is 40.4 Å². The predicted molar refractivity (Wildman–Crippen MR) is 76.1 cm³/mol. The molecular formula is C12H18N4O2S. The monoisotopic (exact) mass is 282 g/mol. The van der Waals surface area contributed by atoms with Crippen molar-refractivity contribution in [3.05, 3.63) is 24.3 Å². The summed E-state index contributed by atoms with van der Waals surface area (Å²) >= 11 is 0. The fraction of sp³-hybridized carbons (Fsp3) is 0.417. The van der Waals surface area contributed by atoms with Gasteiger partial charge in [0.15, 0.2) is 0 Å². The van der Waals surface area contributed by atoms with E-state index in [2.05, 4.69) is 20.3 Å². The van der Waals surface area contributed by atoms with E-state index < -0.39 is 10.0 Å². The highest BCUT2D eigenvalue weighted by molar-refractivity contribution is 7.89. The first-order valence-electron chi connectivity index (χ1n) is 6.23. The second kappa shape index (κ2) is 6.03. The number of rotatable bonds is 6. The third-order valence-corrected chi connectivity index (χ3v) is 4.30. The molecule has 19 heavy (non-hydrogen) atoms. The molecule has 0 unspecified atom stereocenters. The Morgan fingerprint density at radius 3 is 2.84 bits per heavy atom. The van der Waals surface area contributed by atoms with Crippen LogP contribution in [0.2, 0.25) is 0 Å². The number of anilines is 1. The van der Waals surface area contributed by atoms with Gasteiger partial charge in [0.05, 0.1) is 18.8 Å². The van der Waals surface area contributed by atoms with Crippen LogP contribution in [0.1, 0.15) is 6.92 Å². The Morgan fingerprint density at radius 2 is 2.16 bits per heavy atom. The van der Waals surface area contributed by atoms with Crippen LogP contribution in [0.15, 0.2) is 34.2 Å². The van der Waals surface area contributed by atoms with Gasteiger partial charge in [-0.2, -0.15) is 0 Å². The molecule has 0 bridgehead atoms. The smallest absolute Gasteiger partial charge is 0.242 e. The maximum atomic E-state index is 12.1. The summed E-state index contributed by atoms with van der Waals surface area (Å²) in [4.78, 5) is 4.52. The molecule has 2 rings (SSSR count). The van der Waals surface area contributed by atoms with Crippen LogP contribution in [-0.2, 0) is 10.0 Å². The Kier molecular flexibility index (Phi) is 4.39. The number of nitrogens with zero attached hydrogens (tertiary/aromatic N) is 1. The van der Waals surface area contributed by atoms with Crippen molar-refractivity contribution in [2.24, 2.45) is 4.99 Å². The molecule has 0 radical (unpaired) electrons. The average Bonchev–Trinajstić information content (AvgIpc) is 2.90.